The van der Waals surface area contributed by atoms with Gasteiger partial charge in [-0.15, -0.1) is 5.10 Å². The van der Waals surface area contributed by atoms with Gasteiger partial charge in [-0.25, -0.2) is 0 Å². The summed E-state index contributed by atoms with van der Waals surface area (Å²) in [6, 6.07) is 2.33. The monoisotopic (exact) mass is 286 g/mol. The first-order chi connectivity index (χ1) is 10.1. The molecule has 1 aliphatic heterocycles. The number of piperidine rings is 1. The highest BCUT2D eigenvalue weighted by molar-refractivity contribution is 5.55. The molecule has 0 bridgehead atoms. The summed E-state index contributed by atoms with van der Waals surface area (Å²) in [5.74, 6) is 2.16. The van der Waals surface area contributed by atoms with Crippen LogP contribution < -0.4 is 10.6 Å². The molecular weight excluding hydrogens is 264 g/mol. The molecule has 3 rings (SSSR count). The van der Waals surface area contributed by atoms with Crippen LogP contribution in [0.15, 0.2) is 18.5 Å². The summed E-state index contributed by atoms with van der Waals surface area (Å²) in [5, 5.41) is 7.36. The maximum absolute atomic E-state index is 5.98. The van der Waals surface area contributed by atoms with Crippen LogP contribution in [0.5, 0.6) is 0 Å². The Hall–Kier alpha value is -1.95. The molecule has 21 heavy (non-hydrogen) atoms. The molecule has 112 valence electrons. The van der Waals surface area contributed by atoms with E-state index < -0.39 is 0 Å². The standard InChI is InChI=1S/C15H22N6/c1-10-7-13(9-17-8-10)14-18-15(20-19-14)21-5-3-12(4-6-21)11(2)16/h7-9,11-12H,3-6,16H2,1-2H3,(H,18,19,20). The van der Waals surface area contributed by atoms with Crippen LogP contribution in [0.25, 0.3) is 11.4 Å². The predicted octanol–water partition coefficient (Wildman–Crippen LogP) is 1.74. The van der Waals surface area contributed by atoms with Crippen LogP contribution >= 0.6 is 0 Å². The van der Waals surface area contributed by atoms with E-state index in [0.717, 1.165) is 48.8 Å². The van der Waals surface area contributed by atoms with Crippen molar-refractivity contribution in [2.24, 2.45) is 11.7 Å². The largest absolute Gasteiger partial charge is 0.340 e. The Balaban J connectivity index is 1.71. The quantitative estimate of drug-likeness (QED) is 0.898. The molecule has 6 heteroatoms. The minimum Gasteiger partial charge on any atom is -0.340 e. The van der Waals surface area contributed by atoms with Gasteiger partial charge in [-0.1, -0.05) is 0 Å². The van der Waals surface area contributed by atoms with E-state index >= 15 is 0 Å². The fraction of sp³-hybridized carbons (Fsp3) is 0.533. The molecule has 6 nitrogen and oxygen atoms in total. The van der Waals surface area contributed by atoms with E-state index in [4.69, 9.17) is 5.73 Å². The van der Waals surface area contributed by atoms with Crippen LogP contribution in [0.2, 0.25) is 0 Å². The summed E-state index contributed by atoms with van der Waals surface area (Å²) in [7, 11) is 0. The number of aromatic amines is 1. The van der Waals surface area contributed by atoms with Crippen molar-refractivity contribution in [3.63, 3.8) is 0 Å². The zero-order valence-electron chi connectivity index (χ0n) is 12.6. The van der Waals surface area contributed by atoms with Crippen molar-refractivity contribution in [1.82, 2.24) is 20.2 Å². The van der Waals surface area contributed by atoms with Gasteiger partial charge in [-0.05, 0) is 44.2 Å². The molecule has 2 aromatic heterocycles. The van der Waals surface area contributed by atoms with E-state index in [1.807, 2.05) is 13.1 Å². The van der Waals surface area contributed by atoms with E-state index in [0.29, 0.717) is 5.92 Å². The van der Waals surface area contributed by atoms with E-state index in [2.05, 4.69) is 38.1 Å². The molecule has 0 saturated carbocycles. The number of pyridine rings is 1. The lowest BCUT2D eigenvalue weighted by atomic mass is 9.91. The molecular formula is C15H22N6. The summed E-state index contributed by atoms with van der Waals surface area (Å²) in [6.07, 6.45) is 5.85. The van der Waals surface area contributed by atoms with Crippen LogP contribution in [-0.4, -0.2) is 39.3 Å². The highest BCUT2D eigenvalue weighted by Crippen LogP contribution is 2.24. The first kappa shape index (κ1) is 14.0. The van der Waals surface area contributed by atoms with Crippen molar-refractivity contribution >= 4 is 5.95 Å². The van der Waals surface area contributed by atoms with Crippen molar-refractivity contribution in [3.05, 3.63) is 24.0 Å². The molecule has 3 N–H and O–H groups in total. The van der Waals surface area contributed by atoms with E-state index in [-0.39, 0.29) is 6.04 Å². The number of nitrogens with zero attached hydrogens (tertiary/aromatic N) is 4. The van der Waals surface area contributed by atoms with Gasteiger partial charge in [0.1, 0.15) is 0 Å². The summed E-state index contributed by atoms with van der Waals surface area (Å²) in [5.41, 5.74) is 8.07. The van der Waals surface area contributed by atoms with Gasteiger partial charge >= 0.3 is 0 Å². The molecule has 1 unspecified atom stereocenters. The molecule has 0 amide bonds. The van der Waals surface area contributed by atoms with E-state index in [1.165, 1.54) is 0 Å². The number of nitrogens with two attached hydrogens (primary N) is 1. The summed E-state index contributed by atoms with van der Waals surface area (Å²) >= 11 is 0. The van der Waals surface area contributed by atoms with Crippen LogP contribution in [0, 0.1) is 12.8 Å². The fourth-order valence-electron chi connectivity index (χ4n) is 2.83. The molecule has 1 atom stereocenters. The van der Waals surface area contributed by atoms with Crippen molar-refractivity contribution in [2.45, 2.75) is 32.7 Å². The first-order valence-corrected chi connectivity index (χ1v) is 7.48. The topological polar surface area (TPSA) is 83.7 Å². The Morgan fingerprint density at radius 3 is 2.76 bits per heavy atom. The lowest BCUT2D eigenvalue weighted by Gasteiger charge is -2.32. The number of aromatic nitrogens is 4. The Morgan fingerprint density at radius 1 is 1.33 bits per heavy atom. The molecule has 0 radical (unpaired) electrons. The molecule has 1 aliphatic rings. The number of hydrogen-bond acceptors (Lipinski definition) is 5. The lowest BCUT2D eigenvalue weighted by molar-refractivity contribution is 0.352. The predicted molar refractivity (Wildman–Crippen MR) is 82.9 cm³/mol. The van der Waals surface area contributed by atoms with E-state index in [1.54, 1.807) is 6.20 Å². The zero-order valence-corrected chi connectivity index (χ0v) is 12.6. The van der Waals surface area contributed by atoms with Gasteiger partial charge in [0.25, 0.3) is 0 Å². The minimum absolute atomic E-state index is 0.272. The average molecular weight is 286 g/mol. The van der Waals surface area contributed by atoms with Gasteiger partial charge in [0.2, 0.25) is 5.95 Å². The van der Waals surface area contributed by atoms with Crippen molar-refractivity contribution in [2.75, 3.05) is 18.0 Å². The molecule has 2 aromatic rings. The van der Waals surface area contributed by atoms with Crippen molar-refractivity contribution < 1.29 is 0 Å². The van der Waals surface area contributed by atoms with Crippen LogP contribution in [0.1, 0.15) is 25.3 Å². The second-order valence-corrected chi connectivity index (χ2v) is 5.92. The van der Waals surface area contributed by atoms with E-state index in [9.17, 15) is 0 Å². The number of hydrogen-bond donors (Lipinski definition) is 2. The molecule has 0 aliphatic carbocycles. The summed E-state index contributed by atoms with van der Waals surface area (Å²) in [6.45, 7) is 6.05. The second-order valence-electron chi connectivity index (χ2n) is 5.92. The first-order valence-electron chi connectivity index (χ1n) is 7.48. The SMILES string of the molecule is Cc1cncc(-c2nc(N3CCC(C(C)N)CC3)n[nH]2)c1. The third kappa shape index (κ3) is 3.05. The lowest BCUT2D eigenvalue weighted by Crippen LogP contribution is -2.40. The second kappa shape index (κ2) is 5.81. The number of rotatable bonds is 3. The highest BCUT2D eigenvalue weighted by atomic mass is 15.4. The van der Waals surface area contributed by atoms with Gasteiger partial charge in [-0.3, -0.25) is 10.1 Å². The Morgan fingerprint density at radius 2 is 2.10 bits per heavy atom. The smallest absolute Gasteiger partial charge is 0.245 e. The normalized spacial score (nSPS) is 18.0. The summed E-state index contributed by atoms with van der Waals surface area (Å²) < 4.78 is 0. The fourth-order valence-corrected chi connectivity index (χ4v) is 2.83. The maximum atomic E-state index is 5.98. The van der Waals surface area contributed by atoms with Crippen LogP contribution in [0.3, 0.4) is 0 Å². The van der Waals surface area contributed by atoms with Gasteiger partial charge < -0.3 is 10.6 Å². The third-order valence-electron chi connectivity index (χ3n) is 4.19. The number of aryl methyl sites for hydroxylation is 1. The van der Waals surface area contributed by atoms with Gasteiger partial charge in [0.05, 0.1) is 0 Å². The van der Waals surface area contributed by atoms with Crippen molar-refractivity contribution in [3.8, 4) is 11.4 Å². The Bertz CT molecular complexity index is 598. The van der Waals surface area contributed by atoms with Gasteiger partial charge in [-0.2, -0.15) is 4.98 Å². The zero-order chi connectivity index (χ0) is 14.8. The average Bonchev–Trinajstić information content (AvgIpc) is 2.97. The van der Waals surface area contributed by atoms with Gasteiger partial charge in [0, 0.05) is 37.1 Å². The molecule has 1 fully saturated rings. The molecule has 0 aromatic carbocycles. The molecule has 1 saturated heterocycles. The Kier molecular flexibility index (Phi) is 3.88. The summed E-state index contributed by atoms with van der Waals surface area (Å²) in [4.78, 5) is 11.0. The van der Waals surface area contributed by atoms with Crippen LogP contribution in [0.4, 0.5) is 5.95 Å². The number of anilines is 1. The van der Waals surface area contributed by atoms with Crippen LogP contribution in [-0.2, 0) is 0 Å². The molecule has 0 spiro atoms. The third-order valence-corrected chi connectivity index (χ3v) is 4.19. The van der Waals surface area contributed by atoms with Gasteiger partial charge in [0.15, 0.2) is 5.82 Å². The number of nitrogens with one attached hydrogen (secondary N) is 1. The Labute approximate surface area is 124 Å². The minimum atomic E-state index is 0.272. The number of H-pyrrole nitrogens is 1. The molecule has 3 heterocycles. The van der Waals surface area contributed by atoms with Crippen molar-refractivity contribution in [1.29, 1.82) is 0 Å². The highest BCUT2D eigenvalue weighted by Gasteiger charge is 2.24. The maximum Gasteiger partial charge on any atom is 0.245 e.